The van der Waals surface area contributed by atoms with Crippen molar-refractivity contribution in [1.29, 1.82) is 5.26 Å². The van der Waals surface area contributed by atoms with Crippen LogP contribution in [0.2, 0.25) is 0 Å². The van der Waals surface area contributed by atoms with Crippen LogP contribution < -0.4 is 33.8 Å². The Labute approximate surface area is 277 Å². The predicted molar refractivity (Wildman–Crippen MR) is 176 cm³/mol. The summed E-state index contributed by atoms with van der Waals surface area (Å²) < 4.78 is 30.7. The molecule has 2 heterocycles. The number of hydrogen-bond acceptors (Lipinski definition) is 10. The molecule has 1 aliphatic rings. The number of ether oxygens (including phenoxy) is 5. The number of esters is 1. The predicted octanol–water partition coefficient (Wildman–Crippen LogP) is 5.04. The standard InChI is InChI=1S/C34H30BrN3O7S/c1-6-44-33(40)29-19(2)37-34-38(30(29)23-15-26(42-4)27(43-5)16-24(23)35)32(39)28(46-34)14-22-8-7-9-25(41-3)31(22)45-18-21-12-10-20(17-36)11-13-21/h7-16,30H,6,18H2,1-5H3/b28-14-/t30-/m0/s1. The quantitative estimate of drug-likeness (QED) is 0.211. The van der Waals surface area contributed by atoms with Crippen molar-refractivity contribution in [2.45, 2.75) is 26.5 Å². The Morgan fingerprint density at radius 1 is 1.07 bits per heavy atom. The van der Waals surface area contributed by atoms with Crippen LogP contribution in [-0.2, 0) is 16.1 Å². The summed E-state index contributed by atoms with van der Waals surface area (Å²) in [7, 11) is 4.59. The summed E-state index contributed by atoms with van der Waals surface area (Å²) in [5.41, 5.74) is 2.94. The third-order valence-electron chi connectivity index (χ3n) is 7.30. The highest BCUT2D eigenvalue weighted by atomic mass is 79.9. The van der Waals surface area contributed by atoms with Crippen LogP contribution in [0.15, 0.2) is 80.1 Å². The summed E-state index contributed by atoms with van der Waals surface area (Å²) in [6, 6.07) is 17.2. The lowest BCUT2D eigenvalue weighted by atomic mass is 9.95. The van der Waals surface area contributed by atoms with Crippen molar-refractivity contribution in [3.63, 3.8) is 0 Å². The van der Waals surface area contributed by atoms with Gasteiger partial charge in [-0.2, -0.15) is 5.26 Å². The molecule has 0 saturated carbocycles. The van der Waals surface area contributed by atoms with Gasteiger partial charge >= 0.3 is 5.97 Å². The monoisotopic (exact) mass is 703 g/mol. The highest BCUT2D eigenvalue weighted by molar-refractivity contribution is 9.10. The summed E-state index contributed by atoms with van der Waals surface area (Å²) >= 11 is 4.82. The fraction of sp³-hybridized carbons (Fsp3) is 0.235. The average molecular weight is 705 g/mol. The van der Waals surface area contributed by atoms with E-state index in [1.807, 2.05) is 24.3 Å². The second kappa shape index (κ2) is 14.1. The second-order valence-corrected chi connectivity index (χ2v) is 11.9. The summed E-state index contributed by atoms with van der Waals surface area (Å²) in [6.45, 7) is 3.81. The lowest BCUT2D eigenvalue weighted by Crippen LogP contribution is -2.40. The number of methoxy groups -OCH3 is 3. The molecule has 1 aliphatic heterocycles. The summed E-state index contributed by atoms with van der Waals surface area (Å²) in [4.78, 5) is 32.7. The Morgan fingerprint density at radius 3 is 2.41 bits per heavy atom. The molecule has 0 unspecified atom stereocenters. The third kappa shape index (κ3) is 6.29. The normalized spacial score (nSPS) is 14.2. The van der Waals surface area contributed by atoms with Crippen molar-refractivity contribution in [2.75, 3.05) is 27.9 Å². The molecule has 12 heteroatoms. The number of carbonyl (C=O) groups excluding carboxylic acids is 1. The van der Waals surface area contributed by atoms with Gasteiger partial charge in [0.05, 0.1) is 61.4 Å². The van der Waals surface area contributed by atoms with Crippen LogP contribution in [0.5, 0.6) is 23.0 Å². The number of benzene rings is 3. The number of halogens is 1. The van der Waals surface area contributed by atoms with Crippen molar-refractivity contribution in [3.8, 4) is 29.1 Å². The molecular formula is C34H30BrN3O7S. The molecule has 236 valence electrons. The van der Waals surface area contributed by atoms with Crippen LogP contribution in [-0.4, -0.2) is 38.5 Å². The van der Waals surface area contributed by atoms with E-state index in [0.29, 0.717) is 59.2 Å². The summed E-state index contributed by atoms with van der Waals surface area (Å²) in [5.74, 6) is 1.28. The maximum atomic E-state index is 14.3. The van der Waals surface area contributed by atoms with Crippen LogP contribution in [0.3, 0.4) is 0 Å². The number of rotatable bonds is 10. The smallest absolute Gasteiger partial charge is 0.338 e. The molecule has 10 nitrogen and oxygen atoms in total. The van der Waals surface area contributed by atoms with Gasteiger partial charge in [-0.15, -0.1) is 0 Å². The first-order chi connectivity index (χ1) is 22.2. The molecule has 1 atom stereocenters. The van der Waals surface area contributed by atoms with E-state index < -0.39 is 12.0 Å². The van der Waals surface area contributed by atoms with Crippen molar-refractivity contribution in [1.82, 2.24) is 4.57 Å². The van der Waals surface area contributed by atoms with E-state index in [2.05, 4.69) is 27.0 Å². The molecule has 0 amide bonds. The molecule has 0 bridgehead atoms. The van der Waals surface area contributed by atoms with Gasteiger partial charge in [0.2, 0.25) is 0 Å². The van der Waals surface area contributed by atoms with Gasteiger partial charge in [-0.25, -0.2) is 9.79 Å². The maximum absolute atomic E-state index is 14.3. The molecule has 46 heavy (non-hydrogen) atoms. The number of aromatic nitrogens is 1. The zero-order chi connectivity index (χ0) is 33.0. The minimum Gasteiger partial charge on any atom is -0.493 e. The van der Waals surface area contributed by atoms with E-state index in [-0.39, 0.29) is 24.3 Å². The van der Waals surface area contributed by atoms with Crippen LogP contribution in [0, 0.1) is 11.3 Å². The number of thiazole rings is 1. The molecular weight excluding hydrogens is 674 g/mol. The van der Waals surface area contributed by atoms with Gasteiger partial charge in [-0.05, 0) is 61.4 Å². The fourth-order valence-electron chi connectivity index (χ4n) is 5.10. The van der Waals surface area contributed by atoms with Gasteiger partial charge in [-0.3, -0.25) is 9.36 Å². The zero-order valence-electron chi connectivity index (χ0n) is 25.8. The van der Waals surface area contributed by atoms with Crippen LogP contribution in [0.4, 0.5) is 0 Å². The number of nitriles is 1. The first-order valence-corrected chi connectivity index (χ1v) is 15.7. The van der Waals surface area contributed by atoms with E-state index in [1.54, 1.807) is 57.4 Å². The van der Waals surface area contributed by atoms with Crippen LogP contribution >= 0.6 is 27.3 Å². The van der Waals surface area contributed by atoms with Crippen molar-refractivity contribution >= 4 is 39.3 Å². The number of nitrogens with zero attached hydrogens (tertiary/aromatic N) is 3. The van der Waals surface area contributed by atoms with Crippen molar-refractivity contribution in [3.05, 3.63) is 112 Å². The van der Waals surface area contributed by atoms with E-state index in [4.69, 9.17) is 28.9 Å². The van der Waals surface area contributed by atoms with E-state index in [9.17, 15) is 9.59 Å². The molecule has 5 rings (SSSR count). The second-order valence-electron chi connectivity index (χ2n) is 10.0. The highest BCUT2D eigenvalue weighted by Gasteiger charge is 2.35. The number of hydrogen-bond donors (Lipinski definition) is 0. The fourth-order valence-corrected chi connectivity index (χ4v) is 6.68. The molecule has 0 fully saturated rings. The van der Waals surface area contributed by atoms with Crippen molar-refractivity contribution in [2.24, 2.45) is 4.99 Å². The summed E-state index contributed by atoms with van der Waals surface area (Å²) in [6.07, 6.45) is 1.73. The van der Waals surface area contributed by atoms with Gasteiger partial charge in [0.15, 0.2) is 27.8 Å². The lowest BCUT2D eigenvalue weighted by Gasteiger charge is -2.26. The van der Waals surface area contributed by atoms with Gasteiger partial charge in [0.25, 0.3) is 5.56 Å². The van der Waals surface area contributed by atoms with Gasteiger partial charge in [0.1, 0.15) is 6.61 Å². The Balaban J connectivity index is 1.67. The van der Waals surface area contributed by atoms with E-state index >= 15 is 0 Å². The molecule has 1 aromatic heterocycles. The third-order valence-corrected chi connectivity index (χ3v) is 8.97. The van der Waals surface area contributed by atoms with Gasteiger partial charge in [0, 0.05) is 10.0 Å². The number of carbonyl (C=O) groups is 1. The molecule has 0 radical (unpaired) electrons. The molecule has 4 aromatic rings. The van der Waals surface area contributed by atoms with E-state index in [0.717, 1.165) is 5.56 Å². The van der Waals surface area contributed by atoms with Crippen LogP contribution in [0.1, 0.15) is 42.1 Å². The SMILES string of the molecule is CCOC(=O)C1=C(C)N=c2s/c(=C\c3cccc(OC)c3OCc3ccc(C#N)cc3)c(=O)n2[C@H]1c1cc(OC)c(OC)cc1Br. The minimum absolute atomic E-state index is 0.154. The number of fused-ring (bicyclic) bond motifs is 1. The maximum Gasteiger partial charge on any atom is 0.338 e. The van der Waals surface area contributed by atoms with Crippen LogP contribution in [0.25, 0.3) is 6.08 Å². The molecule has 3 aromatic carbocycles. The average Bonchev–Trinajstić information content (AvgIpc) is 3.37. The van der Waals surface area contributed by atoms with Gasteiger partial charge in [-0.1, -0.05) is 51.5 Å². The highest BCUT2D eigenvalue weighted by Crippen LogP contribution is 2.41. The lowest BCUT2D eigenvalue weighted by molar-refractivity contribution is -0.139. The van der Waals surface area contributed by atoms with Gasteiger partial charge < -0.3 is 23.7 Å². The molecule has 0 saturated heterocycles. The van der Waals surface area contributed by atoms with E-state index in [1.165, 1.54) is 30.1 Å². The Kier molecular flexibility index (Phi) is 9.94. The molecule has 0 N–H and O–H groups in total. The first-order valence-electron chi connectivity index (χ1n) is 14.1. The minimum atomic E-state index is -0.871. The topological polar surface area (TPSA) is 121 Å². The zero-order valence-corrected chi connectivity index (χ0v) is 28.2. The largest absolute Gasteiger partial charge is 0.493 e. The Morgan fingerprint density at radius 2 is 1.76 bits per heavy atom. The van der Waals surface area contributed by atoms with Crippen molar-refractivity contribution < 1.29 is 28.5 Å². The number of para-hydroxylation sites is 1. The Hall–Kier alpha value is -4.86. The Bertz CT molecular complexity index is 2060. The molecule has 0 aliphatic carbocycles. The number of allylic oxidation sites excluding steroid dienone is 1. The first kappa shape index (κ1) is 32.5. The summed E-state index contributed by atoms with van der Waals surface area (Å²) in [5, 5.41) is 9.11. The molecule has 0 spiro atoms.